The fourth-order valence-corrected chi connectivity index (χ4v) is 1.84. The molecule has 2 aromatic rings. The number of benzene rings is 1. The quantitative estimate of drug-likeness (QED) is 0.683. The topological polar surface area (TPSA) is 98.3 Å². The van der Waals surface area contributed by atoms with Crippen LogP contribution in [-0.4, -0.2) is 21.9 Å². The molecular weight excluding hydrogens is 288 g/mol. The number of hydrogen-bond acceptors (Lipinski definition) is 6. The molecule has 0 spiro atoms. The largest absolute Gasteiger partial charge is 0.423 e. The van der Waals surface area contributed by atoms with Gasteiger partial charge >= 0.3 is 11.9 Å². The van der Waals surface area contributed by atoms with Crippen LogP contribution in [0, 0.1) is 6.92 Å². The molecule has 1 N–H and O–H groups in total. The Balaban J connectivity index is 2.52. The molecule has 0 bridgehead atoms. The Labute approximate surface area is 125 Å². The number of carbonyl (C=O) groups excluding carboxylic acids is 2. The van der Waals surface area contributed by atoms with Crippen molar-refractivity contribution < 1.29 is 19.1 Å². The van der Waals surface area contributed by atoms with E-state index in [9.17, 15) is 14.4 Å². The van der Waals surface area contributed by atoms with Gasteiger partial charge in [-0.3, -0.25) is 14.4 Å². The first-order valence-electron chi connectivity index (χ1n) is 6.44. The maximum atomic E-state index is 11.9. The van der Waals surface area contributed by atoms with Crippen LogP contribution in [-0.2, 0) is 9.59 Å². The number of aromatic amines is 1. The smallest absolute Gasteiger partial charge is 0.308 e. The summed E-state index contributed by atoms with van der Waals surface area (Å²) < 4.78 is 9.99. The summed E-state index contributed by atoms with van der Waals surface area (Å²) >= 11 is 0. The van der Waals surface area contributed by atoms with Gasteiger partial charge in [0.2, 0.25) is 0 Å². The van der Waals surface area contributed by atoms with Gasteiger partial charge in [-0.1, -0.05) is 6.07 Å². The molecule has 0 unspecified atom stereocenters. The molecule has 0 saturated heterocycles. The number of nitrogens with zero attached hydrogens (tertiary/aromatic N) is 1. The van der Waals surface area contributed by atoms with Gasteiger partial charge < -0.3 is 14.5 Å². The van der Waals surface area contributed by atoms with E-state index in [4.69, 9.17) is 9.47 Å². The molecule has 0 atom stereocenters. The normalized spacial score (nSPS) is 10.1. The van der Waals surface area contributed by atoms with Crippen molar-refractivity contribution in [3.63, 3.8) is 0 Å². The Morgan fingerprint density at radius 1 is 1.09 bits per heavy atom. The lowest BCUT2D eigenvalue weighted by atomic mass is 10.1. The van der Waals surface area contributed by atoms with Gasteiger partial charge in [-0.15, -0.1) is 0 Å². The Hall–Kier alpha value is -2.96. The highest BCUT2D eigenvalue weighted by atomic mass is 16.6. The predicted molar refractivity (Wildman–Crippen MR) is 77.6 cm³/mol. The fraction of sp³-hybridized carbons (Fsp3) is 0.200. The molecule has 1 heterocycles. The number of nitrogens with one attached hydrogen (secondary N) is 1. The molecule has 114 valence electrons. The number of esters is 2. The highest BCUT2D eigenvalue weighted by molar-refractivity contribution is 5.76. The Morgan fingerprint density at radius 2 is 1.73 bits per heavy atom. The maximum Gasteiger partial charge on any atom is 0.308 e. The monoisotopic (exact) mass is 302 g/mol. The average molecular weight is 302 g/mol. The number of ether oxygens (including phenoxy) is 2. The predicted octanol–water partition coefficient (Wildman–Crippen LogP) is 1.60. The first-order valence-corrected chi connectivity index (χ1v) is 6.44. The van der Waals surface area contributed by atoms with E-state index in [1.54, 1.807) is 13.0 Å². The first kappa shape index (κ1) is 15.4. The zero-order chi connectivity index (χ0) is 16.3. The third-order valence-electron chi connectivity index (χ3n) is 2.69. The van der Waals surface area contributed by atoms with Gasteiger partial charge in [0, 0.05) is 20.0 Å². The van der Waals surface area contributed by atoms with Crippen LogP contribution in [0.2, 0.25) is 0 Å². The standard InChI is InChI=1S/C15H14N2O5/c1-8-16-7-12(15(20)17-8)11-4-5-13(21-9(2)18)14(6-11)22-10(3)19/h4-7H,1-3H3,(H,16,17,20). The second kappa shape index (κ2) is 6.21. The van der Waals surface area contributed by atoms with Crippen molar-refractivity contribution in [2.45, 2.75) is 20.8 Å². The van der Waals surface area contributed by atoms with Gasteiger partial charge in [0.1, 0.15) is 5.82 Å². The third kappa shape index (κ3) is 3.57. The van der Waals surface area contributed by atoms with Gasteiger partial charge in [0.05, 0.1) is 5.56 Å². The summed E-state index contributed by atoms with van der Waals surface area (Å²) in [4.78, 5) is 40.8. The number of aryl methyl sites for hydroxylation is 1. The van der Waals surface area contributed by atoms with Gasteiger partial charge in [0.15, 0.2) is 11.5 Å². The minimum absolute atomic E-state index is 0.0557. The highest BCUT2D eigenvalue weighted by Gasteiger charge is 2.13. The lowest BCUT2D eigenvalue weighted by Crippen LogP contribution is -2.12. The number of carbonyl (C=O) groups is 2. The minimum atomic E-state index is -0.568. The van der Waals surface area contributed by atoms with Crippen molar-refractivity contribution >= 4 is 11.9 Å². The van der Waals surface area contributed by atoms with Crippen molar-refractivity contribution in [3.05, 3.63) is 40.6 Å². The van der Waals surface area contributed by atoms with Crippen molar-refractivity contribution in [2.24, 2.45) is 0 Å². The van der Waals surface area contributed by atoms with E-state index in [0.29, 0.717) is 17.0 Å². The summed E-state index contributed by atoms with van der Waals surface area (Å²) in [6, 6.07) is 4.47. The van der Waals surface area contributed by atoms with Crippen LogP contribution in [0.3, 0.4) is 0 Å². The molecule has 0 aliphatic heterocycles. The zero-order valence-electron chi connectivity index (χ0n) is 12.3. The molecular formula is C15H14N2O5. The molecule has 0 aliphatic carbocycles. The molecule has 7 nitrogen and oxygen atoms in total. The number of hydrogen-bond donors (Lipinski definition) is 1. The summed E-state index contributed by atoms with van der Waals surface area (Å²) in [6.07, 6.45) is 1.42. The van der Waals surface area contributed by atoms with E-state index >= 15 is 0 Å². The second-order valence-electron chi connectivity index (χ2n) is 4.56. The number of rotatable bonds is 3. The molecule has 0 fully saturated rings. The molecule has 0 saturated carbocycles. The first-order chi connectivity index (χ1) is 10.4. The van der Waals surface area contributed by atoms with Crippen molar-refractivity contribution in [2.75, 3.05) is 0 Å². The van der Waals surface area contributed by atoms with Gasteiger partial charge in [-0.2, -0.15) is 0 Å². The van der Waals surface area contributed by atoms with Crippen LogP contribution >= 0.6 is 0 Å². The molecule has 2 rings (SSSR count). The highest BCUT2D eigenvalue weighted by Crippen LogP contribution is 2.32. The van der Waals surface area contributed by atoms with E-state index in [0.717, 1.165) is 0 Å². The van der Waals surface area contributed by atoms with E-state index in [1.165, 1.54) is 32.2 Å². The minimum Gasteiger partial charge on any atom is -0.423 e. The second-order valence-corrected chi connectivity index (χ2v) is 4.56. The molecule has 0 aliphatic rings. The summed E-state index contributed by atoms with van der Waals surface area (Å²) in [5.74, 6) is -0.467. The van der Waals surface area contributed by atoms with Crippen LogP contribution in [0.1, 0.15) is 19.7 Å². The van der Waals surface area contributed by atoms with Gasteiger partial charge in [-0.25, -0.2) is 4.98 Å². The van der Waals surface area contributed by atoms with E-state index in [-0.39, 0.29) is 17.1 Å². The maximum absolute atomic E-state index is 11.9. The van der Waals surface area contributed by atoms with Crippen molar-refractivity contribution in [1.29, 1.82) is 0 Å². The molecule has 1 aromatic carbocycles. The zero-order valence-corrected chi connectivity index (χ0v) is 12.3. The molecule has 22 heavy (non-hydrogen) atoms. The van der Waals surface area contributed by atoms with E-state index in [2.05, 4.69) is 9.97 Å². The third-order valence-corrected chi connectivity index (χ3v) is 2.69. The molecule has 0 radical (unpaired) electrons. The molecule has 1 aromatic heterocycles. The Morgan fingerprint density at radius 3 is 2.32 bits per heavy atom. The van der Waals surface area contributed by atoms with Gasteiger partial charge in [-0.05, 0) is 24.6 Å². The summed E-state index contributed by atoms with van der Waals surface area (Å²) in [6.45, 7) is 4.13. The summed E-state index contributed by atoms with van der Waals surface area (Å²) in [5.41, 5.74) is 0.482. The Bertz CT molecular complexity index is 795. The van der Waals surface area contributed by atoms with Crippen LogP contribution in [0.25, 0.3) is 11.1 Å². The van der Waals surface area contributed by atoms with Crippen molar-refractivity contribution in [3.8, 4) is 22.6 Å². The summed E-state index contributed by atoms with van der Waals surface area (Å²) in [5, 5.41) is 0. The van der Waals surface area contributed by atoms with Crippen LogP contribution < -0.4 is 15.0 Å². The number of H-pyrrole nitrogens is 1. The number of aromatic nitrogens is 2. The van der Waals surface area contributed by atoms with Crippen LogP contribution in [0.4, 0.5) is 0 Å². The fourth-order valence-electron chi connectivity index (χ4n) is 1.84. The van der Waals surface area contributed by atoms with Crippen molar-refractivity contribution in [1.82, 2.24) is 9.97 Å². The molecule has 0 amide bonds. The molecule has 7 heteroatoms. The van der Waals surface area contributed by atoms with Crippen LogP contribution in [0.5, 0.6) is 11.5 Å². The van der Waals surface area contributed by atoms with E-state index in [1.807, 2.05) is 0 Å². The summed E-state index contributed by atoms with van der Waals surface area (Å²) in [7, 11) is 0. The lowest BCUT2D eigenvalue weighted by Gasteiger charge is -2.10. The lowest BCUT2D eigenvalue weighted by molar-refractivity contribution is -0.134. The SMILES string of the molecule is CC(=O)Oc1ccc(-c2cnc(C)[nH]c2=O)cc1OC(C)=O. The van der Waals surface area contributed by atoms with E-state index < -0.39 is 11.9 Å². The average Bonchev–Trinajstić information content (AvgIpc) is 2.40. The Kier molecular flexibility index (Phi) is 4.36. The van der Waals surface area contributed by atoms with Gasteiger partial charge in [0.25, 0.3) is 5.56 Å². The van der Waals surface area contributed by atoms with Crippen LogP contribution in [0.15, 0.2) is 29.2 Å².